The first-order chi connectivity index (χ1) is 14.5. The van der Waals surface area contributed by atoms with E-state index in [1.165, 1.54) is 18.4 Å². The van der Waals surface area contributed by atoms with Gasteiger partial charge in [0, 0.05) is 30.9 Å². The van der Waals surface area contributed by atoms with Crippen molar-refractivity contribution in [1.29, 1.82) is 0 Å². The molecular formula is C25H29N3O2. The topological polar surface area (TPSA) is 62.3 Å². The van der Waals surface area contributed by atoms with Crippen LogP contribution in [0.25, 0.3) is 0 Å². The zero-order chi connectivity index (χ0) is 20.7. The van der Waals surface area contributed by atoms with E-state index in [4.69, 9.17) is 0 Å². The first-order valence-electron chi connectivity index (χ1n) is 11.2. The predicted octanol–water partition coefficient (Wildman–Crippen LogP) is 3.87. The van der Waals surface area contributed by atoms with Crippen LogP contribution in [-0.2, 0) is 4.79 Å². The molecule has 30 heavy (non-hydrogen) atoms. The van der Waals surface area contributed by atoms with Gasteiger partial charge in [-0.2, -0.15) is 0 Å². The number of nitrogens with one attached hydrogen (secondary N) is 1. The van der Waals surface area contributed by atoms with Gasteiger partial charge in [0.15, 0.2) is 0 Å². The number of hydrogen-bond acceptors (Lipinski definition) is 3. The van der Waals surface area contributed by atoms with E-state index in [-0.39, 0.29) is 11.8 Å². The van der Waals surface area contributed by atoms with Crippen LogP contribution in [-0.4, -0.2) is 40.8 Å². The molecule has 5 rings (SSSR count). The third-order valence-electron chi connectivity index (χ3n) is 7.26. The monoisotopic (exact) mass is 403 g/mol. The Morgan fingerprint density at radius 1 is 1.03 bits per heavy atom. The Labute approximate surface area is 177 Å². The van der Waals surface area contributed by atoms with E-state index < -0.39 is 6.04 Å². The molecule has 3 fully saturated rings. The smallest absolute Gasteiger partial charge is 0.253 e. The first-order valence-corrected chi connectivity index (χ1v) is 11.2. The Morgan fingerprint density at radius 3 is 2.40 bits per heavy atom. The van der Waals surface area contributed by atoms with Gasteiger partial charge in [-0.1, -0.05) is 30.3 Å². The number of carbonyl (C=O) groups excluding carboxylic acids is 2. The SMILES string of the molecule is C[C@@H](NC(=O)c1ccc([C@H]2C[C@@H]2c2ccccc2)nc1)C(=O)N1CCC2(CC1)CC2. The molecule has 1 aromatic carbocycles. The van der Waals surface area contributed by atoms with Crippen molar-refractivity contribution >= 4 is 11.8 Å². The summed E-state index contributed by atoms with van der Waals surface area (Å²) in [5.74, 6) is 0.738. The number of nitrogens with zero attached hydrogens (tertiary/aromatic N) is 2. The lowest BCUT2D eigenvalue weighted by Gasteiger charge is -2.33. The second kappa shape index (κ2) is 7.53. The van der Waals surface area contributed by atoms with Gasteiger partial charge in [0.25, 0.3) is 5.91 Å². The summed E-state index contributed by atoms with van der Waals surface area (Å²) in [5, 5.41) is 2.86. The molecule has 156 valence electrons. The average molecular weight is 404 g/mol. The lowest BCUT2D eigenvalue weighted by Crippen LogP contribution is -2.49. The Morgan fingerprint density at radius 2 is 1.77 bits per heavy atom. The Balaban J connectivity index is 1.15. The van der Waals surface area contributed by atoms with Crippen LogP contribution in [0, 0.1) is 5.41 Å². The lowest BCUT2D eigenvalue weighted by molar-refractivity contribution is -0.134. The average Bonchev–Trinajstić information content (AvgIpc) is 3.71. The molecule has 5 heteroatoms. The van der Waals surface area contributed by atoms with Gasteiger partial charge in [-0.25, -0.2) is 0 Å². The molecule has 0 bridgehead atoms. The summed E-state index contributed by atoms with van der Waals surface area (Å²) in [5.41, 5.74) is 3.43. The molecule has 3 aliphatic rings. The van der Waals surface area contributed by atoms with E-state index in [0.717, 1.165) is 38.0 Å². The number of benzene rings is 1. The van der Waals surface area contributed by atoms with E-state index in [0.29, 0.717) is 22.8 Å². The first kappa shape index (κ1) is 19.3. The van der Waals surface area contributed by atoms with Gasteiger partial charge in [0.05, 0.1) is 5.56 Å². The Hall–Kier alpha value is -2.69. The molecule has 2 amide bonds. The highest BCUT2D eigenvalue weighted by atomic mass is 16.2. The lowest BCUT2D eigenvalue weighted by atomic mass is 9.93. The number of aromatic nitrogens is 1. The minimum atomic E-state index is -0.517. The van der Waals surface area contributed by atoms with Gasteiger partial charge in [-0.3, -0.25) is 14.6 Å². The number of rotatable bonds is 5. The number of piperidine rings is 1. The van der Waals surface area contributed by atoms with Crippen molar-refractivity contribution in [1.82, 2.24) is 15.2 Å². The zero-order valence-corrected chi connectivity index (χ0v) is 17.5. The van der Waals surface area contributed by atoms with Crippen LogP contribution in [0.1, 0.15) is 72.5 Å². The van der Waals surface area contributed by atoms with E-state index >= 15 is 0 Å². The molecule has 2 saturated carbocycles. The van der Waals surface area contributed by atoms with Crippen molar-refractivity contribution < 1.29 is 9.59 Å². The summed E-state index contributed by atoms with van der Waals surface area (Å²) in [6.45, 7) is 3.41. The van der Waals surface area contributed by atoms with Gasteiger partial charge in [-0.15, -0.1) is 0 Å². The summed E-state index contributed by atoms with van der Waals surface area (Å²) in [6.07, 6.45) is 7.59. The maximum absolute atomic E-state index is 12.7. The highest BCUT2D eigenvalue weighted by molar-refractivity contribution is 5.97. The molecular weight excluding hydrogens is 374 g/mol. The molecule has 1 aliphatic heterocycles. The summed E-state index contributed by atoms with van der Waals surface area (Å²) < 4.78 is 0. The van der Waals surface area contributed by atoms with Crippen molar-refractivity contribution in [3.05, 3.63) is 65.5 Å². The van der Waals surface area contributed by atoms with Crippen molar-refractivity contribution in [3.8, 4) is 0 Å². The van der Waals surface area contributed by atoms with Crippen LogP contribution >= 0.6 is 0 Å². The summed E-state index contributed by atoms with van der Waals surface area (Å²) in [6, 6.07) is 13.8. The second-order valence-electron chi connectivity index (χ2n) is 9.35. The van der Waals surface area contributed by atoms with Gasteiger partial charge >= 0.3 is 0 Å². The van der Waals surface area contributed by atoms with E-state index in [9.17, 15) is 9.59 Å². The fourth-order valence-corrected chi connectivity index (χ4v) is 4.84. The summed E-state index contributed by atoms with van der Waals surface area (Å²) >= 11 is 0. The highest BCUT2D eigenvalue weighted by Crippen LogP contribution is 2.54. The molecule has 1 aromatic heterocycles. The molecule has 2 aromatic rings. The van der Waals surface area contributed by atoms with Gasteiger partial charge in [0.1, 0.15) is 6.04 Å². The Kier molecular flexibility index (Phi) is 4.84. The van der Waals surface area contributed by atoms with Crippen molar-refractivity contribution in [3.63, 3.8) is 0 Å². The molecule has 0 radical (unpaired) electrons. The van der Waals surface area contributed by atoms with E-state index in [1.807, 2.05) is 23.1 Å². The van der Waals surface area contributed by atoms with Crippen LogP contribution in [0.3, 0.4) is 0 Å². The van der Waals surface area contributed by atoms with Gasteiger partial charge in [-0.05, 0) is 68.1 Å². The van der Waals surface area contributed by atoms with Crippen LogP contribution in [0.15, 0.2) is 48.7 Å². The predicted molar refractivity (Wildman–Crippen MR) is 115 cm³/mol. The number of pyridine rings is 1. The zero-order valence-electron chi connectivity index (χ0n) is 17.5. The molecule has 3 atom stereocenters. The molecule has 1 saturated heterocycles. The largest absolute Gasteiger partial charge is 0.341 e. The normalized spacial score (nSPS) is 24.9. The molecule has 1 N–H and O–H groups in total. The van der Waals surface area contributed by atoms with Crippen molar-refractivity contribution in [2.24, 2.45) is 5.41 Å². The summed E-state index contributed by atoms with van der Waals surface area (Å²) in [7, 11) is 0. The van der Waals surface area contributed by atoms with Crippen LogP contribution in [0.2, 0.25) is 0 Å². The van der Waals surface area contributed by atoms with Crippen LogP contribution in [0.5, 0.6) is 0 Å². The van der Waals surface area contributed by atoms with Gasteiger partial charge < -0.3 is 10.2 Å². The number of carbonyl (C=O) groups is 2. The van der Waals surface area contributed by atoms with E-state index in [2.05, 4.69) is 34.6 Å². The molecule has 2 aliphatic carbocycles. The highest BCUT2D eigenvalue weighted by Gasteiger charge is 2.45. The fraction of sp³-hybridized carbons (Fsp3) is 0.480. The number of amides is 2. The maximum atomic E-state index is 12.7. The van der Waals surface area contributed by atoms with Crippen molar-refractivity contribution in [2.75, 3.05) is 13.1 Å². The fourth-order valence-electron chi connectivity index (χ4n) is 4.84. The molecule has 5 nitrogen and oxygen atoms in total. The van der Waals surface area contributed by atoms with E-state index in [1.54, 1.807) is 13.1 Å². The second-order valence-corrected chi connectivity index (χ2v) is 9.35. The number of likely N-dealkylation sites (tertiary alicyclic amines) is 1. The Bertz CT molecular complexity index is 927. The quantitative estimate of drug-likeness (QED) is 0.824. The maximum Gasteiger partial charge on any atom is 0.253 e. The van der Waals surface area contributed by atoms with Crippen molar-refractivity contribution in [2.45, 2.75) is 56.9 Å². The molecule has 2 heterocycles. The van der Waals surface area contributed by atoms with Gasteiger partial charge in [0.2, 0.25) is 5.91 Å². The van der Waals surface area contributed by atoms with Crippen LogP contribution < -0.4 is 5.32 Å². The minimum absolute atomic E-state index is 0.0205. The summed E-state index contributed by atoms with van der Waals surface area (Å²) in [4.78, 5) is 31.8. The minimum Gasteiger partial charge on any atom is -0.341 e. The third kappa shape index (κ3) is 3.85. The standard InChI is InChI=1S/C25H29N3O2/c1-17(24(30)28-13-11-25(9-10-25)12-14-28)27-23(29)19-7-8-22(26-16-19)21-15-20(21)18-5-3-2-4-6-18/h2-8,16-17,20-21H,9-15H2,1H3,(H,27,29)/t17-,20-,21+/m1/s1. The number of hydrogen-bond donors (Lipinski definition) is 1. The molecule has 0 unspecified atom stereocenters. The molecule has 1 spiro atoms. The van der Waals surface area contributed by atoms with Crippen LogP contribution in [0.4, 0.5) is 0 Å². The third-order valence-corrected chi connectivity index (χ3v) is 7.26.